The Morgan fingerprint density at radius 2 is 1.72 bits per heavy atom. The predicted octanol–water partition coefficient (Wildman–Crippen LogP) is 4.38. The lowest BCUT2D eigenvalue weighted by Gasteiger charge is -2.30. The second kappa shape index (κ2) is 16.0. The summed E-state index contributed by atoms with van der Waals surface area (Å²) in [5.74, 6) is -1.28. The number of likely N-dealkylation sites (N-methyl/N-ethyl adjacent to an activating group) is 1. The lowest BCUT2D eigenvalue weighted by atomic mass is 10.00. The number of ether oxygens (including phenoxy) is 3. The van der Waals surface area contributed by atoms with E-state index in [4.69, 9.17) is 19.9 Å². The Morgan fingerprint density at radius 3 is 2.36 bits per heavy atom. The molecule has 0 fully saturated rings. The zero-order valence-electron chi connectivity index (χ0n) is 29.8. The van der Waals surface area contributed by atoms with Gasteiger partial charge in [-0.3, -0.25) is 19.3 Å². The molecule has 0 saturated carbocycles. The fraction of sp³-hybridized carbons (Fsp3) is 0.432. The van der Waals surface area contributed by atoms with Gasteiger partial charge >= 0.3 is 12.1 Å². The molecule has 1 aliphatic heterocycles. The summed E-state index contributed by atoms with van der Waals surface area (Å²) in [6.07, 6.45) is 0.704. The first-order chi connectivity index (χ1) is 23.7. The molecule has 1 aliphatic rings. The van der Waals surface area contributed by atoms with Crippen molar-refractivity contribution in [2.75, 3.05) is 44.2 Å². The van der Waals surface area contributed by atoms with Crippen molar-refractivity contribution in [2.24, 2.45) is 5.73 Å². The van der Waals surface area contributed by atoms with Gasteiger partial charge in [-0.1, -0.05) is 24.3 Å². The number of amides is 4. The fourth-order valence-electron chi connectivity index (χ4n) is 5.74. The number of benzene rings is 3. The van der Waals surface area contributed by atoms with Gasteiger partial charge in [-0.25, -0.2) is 9.59 Å². The van der Waals surface area contributed by atoms with Crippen molar-refractivity contribution >= 4 is 51.9 Å². The van der Waals surface area contributed by atoms with Crippen molar-refractivity contribution in [2.45, 2.75) is 71.2 Å². The summed E-state index contributed by atoms with van der Waals surface area (Å²) in [5, 5.41) is 4.28. The maximum Gasteiger partial charge on any atom is 0.410 e. The van der Waals surface area contributed by atoms with E-state index in [9.17, 15) is 24.0 Å². The number of hydrogen-bond donors (Lipinski definition) is 2. The summed E-state index contributed by atoms with van der Waals surface area (Å²) >= 11 is 0. The van der Waals surface area contributed by atoms with Gasteiger partial charge in [-0.05, 0) is 88.2 Å². The van der Waals surface area contributed by atoms with Crippen molar-refractivity contribution in [1.29, 1.82) is 0 Å². The Kier molecular flexibility index (Phi) is 12.1. The number of para-hydroxylation sites is 2. The highest BCUT2D eigenvalue weighted by molar-refractivity contribution is 6.09. The van der Waals surface area contributed by atoms with E-state index in [0.717, 1.165) is 15.7 Å². The van der Waals surface area contributed by atoms with Gasteiger partial charge in [0.15, 0.2) is 0 Å². The number of fused-ring (bicyclic) bond motifs is 2. The molecule has 50 heavy (non-hydrogen) atoms. The molecule has 2 atom stereocenters. The Balaban J connectivity index is 1.79. The van der Waals surface area contributed by atoms with Gasteiger partial charge in [0.2, 0.25) is 11.8 Å². The van der Waals surface area contributed by atoms with Crippen LogP contribution in [-0.4, -0.2) is 86.7 Å². The van der Waals surface area contributed by atoms with Crippen LogP contribution in [0, 0.1) is 0 Å². The molecule has 13 heteroatoms. The molecule has 1 heterocycles. The highest BCUT2D eigenvalue weighted by Crippen LogP contribution is 2.37. The molecule has 268 valence electrons. The monoisotopic (exact) mass is 689 g/mol. The summed E-state index contributed by atoms with van der Waals surface area (Å²) in [6.45, 7) is 7.00. The van der Waals surface area contributed by atoms with E-state index in [1.807, 2.05) is 6.07 Å². The quantitative estimate of drug-likeness (QED) is 0.220. The van der Waals surface area contributed by atoms with E-state index >= 15 is 0 Å². The molecule has 0 aliphatic carbocycles. The number of rotatable bonds is 11. The van der Waals surface area contributed by atoms with E-state index in [1.54, 1.807) is 69.3 Å². The molecule has 3 aromatic carbocycles. The zero-order valence-corrected chi connectivity index (χ0v) is 29.8. The summed E-state index contributed by atoms with van der Waals surface area (Å²) < 4.78 is 16.1. The predicted molar refractivity (Wildman–Crippen MR) is 190 cm³/mol. The Labute approximate surface area is 292 Å². The van der Waals surface area contributed by atoms with Gasteiger partial charge in [0, 0.05) is 19.0 Å². The summed E-state index contributed by atoms with van der Waals surface area (Å²) in [6, 6.07) is 13.6. The van der Waals surface area contributed by atoms with Gasteiger partial charge in [0.1, 0.15) is 23.4 Å². The standard InChI is InChI=1S/C37H47N5O8/c1-23(40(5)36(47)50-37(2,3)4)33(44)39-28-22-41(32(43)14-10-11-19-38)29-12-8-9-13-30(29)42(34(28)45)21-27-26-17-15-25(35(46)49-7)20-24(26)16-18-31(27)48-6/h8-9,12-13,15-18,20,23,28H,10-11,14,19,21-22,38H2,1-7H3,(H,39,44)/t23?,28-/m0/s1. The van der Waals surface area contributed by atoms with E-state index in [1.165, 1.54) is 38.0 Å². The lowest BCUT2D eigenvalue weighted by molar-refractivity contribution is -0.130. The van der Waals surface area contributed by atoms with Gasteiger partial charge in [0.05, 0.1) is 44.2 Å². The molecule has 3 aromatic rings. The number of anilines is 2. The van der Waals surface area contributed by atoms with Crippen molar-refractivity contribution in [3.63, 3.8) is 0 Å². The second-order valence-electron chi connectivity index (χ2n) is 13.2. The number of nitrogens with zero attached hydrogens (tertiary/aromatic N) is 3. The first-order valence-electron chi connectivity index (χ1n) is 16.6. The number of hydrogen-bond acceptors (Lipinski definition) is 9. The minimum atomic E-state index is -1.19. The average molecular weight is 690 g/mol. The molecule has 0 saturated heterocycles. The van der Waals surface area contributed by atoms with Gasteiger partial charge in [-0.15, -0.1) is 0 Å². The van der Waals surface area contributed by atoms with Crippen LogP contribution in [-0.2, 0) is 30.4 Å². The van der Waals surface area contributed by atoms with Crippen LogP contribution >= 0.6 is 0 Å². The van der Waals surface area contributed by atoms with E-state index in [-0.39, 0.29) is 25.4 Å². The largest absolute Gasteiger partial charge is 0.496 e. The number of nitrogens with two attached hydrogens (primary N) is 1. The molecular formula is C37H47N5O8. The van der Waals surface area contributed by atoms with Crippen LogP contribution in [0.15, 0.2) is 54.6 Å². The van der Waals surface area contributed by atoms with E-state index < -0.39 is 41.6 Å². The molecule has 0 radical (unpaired) electrons. The molecule has 3 N–H and O–H groups in total. The molecule has 0 spiro atoms. The minimum absolute atomic E-state index is 0.00285. The summed E-state index contributed by atoms with van der Waals surface area (Å²) in [7, 11) is 4.28. The third-order valence-electron chi connectivity index (χ3n) is 8.54. The lowest BCUT2D eigenvalue weighted by Crippen LogP contribution is -2.57. The molecular weight excluding hydrogens is 642 g/mol. The normalized spacial score (nSPS) is 15.1. The fourth-order valence-corrected chi connectivity index (χ4v) is 5.74. The van der Waals surface area contributed by atoms with Crippen LogP contribution in [0.1, 0.15) is 62.9 Å². The third-order valence-corrected chi connectivity index (χ3v) is 8.54. The van der Waals surface area contributed by atoms with Gasteiger partial charge in [-0.2, -0.15) is 0 Å². The number of esters is 1. The van der Waals surface area contributed by atoms with Crippen LogP contribution in [0.2, 0.25) is 0 Å². The van der Waals surface area contributed by atoms with Crippen LogP contribution in [0.3, 0.4) is 0 Å². The van der Waals surface area contributed by atoms with Crippen molar-refractivity contribution < 1.29 is 38.2 Å². The zero-order chi connectivity index (χ0) is 36.7. The average Bonchev–Trinajstić information content (AvgIpc) is 3.20. The third kappa shape index (κ3) is 8.51. The number of carbonyl (C=O) groups is 5. The smallest absolute Gasteiger partial charge is 0.410 e. The maximum absolute atomic E-state index is 14.7. The Hall–Kier alpha value is -5.17. The van der Waals surface area contributed by atoms with Crippen LogP contribution in [0.4, 0.5) is 16.2 Å². The highest BCUT2D eigenvalue weighted by Gasteiger charge is 2.38. The molecule has 13 nitrogen and oxygen atoms in total. The molecule has 4 rings (SSSR count). The Morgan fingerprint density at radius 1 is 1.02 bits per heavy atom. The number of methoxy groups -OCH3 is 2. The van der Waals surface area contributed by atoms with Crippen LogP contribution in [0.25, 0.3) is 10.8 Å². The molecule has 1 unspecified atom stereocenters. The van der Waals surface area contributed by atoms with Gasteiger partial charge < -0.3 is 35.1 Å². The van der Waals surface area contributed by atoms with E-state index in [2.05, 4.69) is 5.32 Å². The Bertz CT molecular complexity index is 1750. The number of unbranched alkanes of at least 4 members (excludes halogenated alkanes) is 1. The molecule has 0 aromatic heterocycles. The summed E-state index contributed by atoms with van der Waals surface area (Å²) in [4.78, 5) is 71.4. The first-order valence-corrected chi connectivity index (χ1v) is 16.6. The summed E-state index contributed by atoms with van der Waals surface area (Å²) in [5.41, 5.74) is 6.89. The minimum Gasteiger partial charge on any atom is -0.496 e. The van der Waals surface area contributed by atoms with Gasteiger partial charge in [0.25, 0.3) is 5.91 Å². The topological polar surface area (TPSA) is 161 Å². The second-order valence-corrected chi connectivity index (χ2v) is 13.2. The SMILES string of the molecule is COC(=O)c1ccc2c(CN3C(=O)[C@@H](NC(=O)C(C)N(C)C(=O)OC(C)(C)C)CN(C(=O)CCCCN)c4ccccc43)c(OC)ccc2c1. The molecule has 0 bridgehead atoms. The van der Waals surface area contributed by atoms with Crippen molar-refractivity contribution in [3.05, 3.63) is 65.7 Å². The van der Waals surface area contributed by atoms with Crippen molar-refractivity contribution in [1.82, 2.24) is 10.2 Å². The van der Waals surface area contributed by atoms with Crippen molar-refractivity contribution in [3.8, 4) is 5.75 Å². The first kappa shape index (κ1) is 37.6. The molecule has 4 amide bonds. The van der Waals surface area contributed by atoms with E-state index in [0.29, 0.717) is 47.6 Å². The maximum atomic E-state index is 14.7. The van der Waals surface area contributed by atoms with Crippen LogP contribution in [0.5, 0.6) is 5.75 Å². The number of nitrogens with one attached hydrogen (secondary N) is 1. The number of carbonyl (C=O) groups excluding carboxylic acids is 5. The van der Waals surface area contributed by atoms with Crippen LogP contribution < -0.4 is 25.6 Å². The highest BCUT2D eigenvalue weighted by atomic mass is 16.6.